The van der Waals surface area contributed by atoms with Crippen molar-refractivity contribution in [3.8, 4) is 0 Å². The van der Waals surface area contributed by atoms with Crippen molar-refractivity contribution < 1.29 is 9.68 Å². The molecular weight excluding hydrogens is 280 g/mol. The van der Waals surface area contributed by atoms with Crippen LogP contribution in [0.3, 0.4) is 0 Å². The Morgan fingerprint density at radius 1 is 1.27 bits per heavy atom. The Morgan fingerprint density at radius 3 is 2.77 bits per heavy atom. The molecule has 0 aliphatic carbocycles. The lowest BCUT2D eigenvalue weighted by atomic mass is 10.0. The summed E-state index contributed by atoms with van der Waals surface area (Å²) in [6.07, 6.45) is 1.03. The molecule has 0 radical (unpaired) electrons. The van der Waals surface area contributed by atoms with Gasteiger partial charge >= 0.3 is 0 Å². The Morgan fingerprint density at radius 2 is 2.09 bits per heavy atom. The van der Waals surface area contributed by atoms with Gasteiger partial charge in [0.25, 0.3) is 0 Å². The Labute approximate surface area is 130 Å². The van der Waals surface area contributed by atoms with Gasteiger partial charge in [0.1, 0.15) is 13.7 Å². The number of hydrogen-bond donors (Lipinski definition) is 1. The van der Waals surface area contributed by atoms with Gasteiger partial charge in [-0.1, -0.05) is 34.6 Å². The first-order chi connectivity index (χ1) is 10.7. The third-order valence-corrected chi connectivity index (χ3v) is 3.04. The average Bonchev–Trinajstić information content (AvgIpc) is 2.54. The van der Waals surface area contributed by atoms with Crippen LogP contribution in [0.25, 0.3) is 0 Å². The molecule has 22 heavy (non-hydrogen) atoms. The van der Waals surface area contributed by atoms with E-state index in [9.17, 15) is 0 Å². The smallest absolute Gasteiger partial charge is 0.152 e. The first-order valence-electron chi connectivity index (χ1n) is 7.33. The lowest BCUT2D eigenvalue weighted by Gasteiger charge is -2.17. The monoisotopic (exact) mass is 302 g/mol. The van der Waals surface area contributed by atoms with Crippen LogP contribution in [0.2, 0.25) is 0 Å². The summed E-state index contributed by atoms with van der Waals surface area (Å²) >= 11 is 0. The SMILES string of the molecule is CON=C(C1=NCCCN1)c1ccccc1CON=C(C)C. The van der Waals surface area contributed by atoms with Crippen LogP contribution in [0.1, 0.15) is 31.4 Å². The molecule has 0 aromatic heterocycles. The zero-order valence-corrected chi connectivity index (χ0v) is 13.3. The maximum Gasteiger partial charge on any atom is 0.152 e. The lowest BCUT2D eigenvalue weighted by Crippen LogP contribution is -2.36. The van der Waals surface area contributed by atoms with E-state index in [1.165, 1.54) is 7.11 Å². The van der Waals surface area contributed by atoms with Gasteiger partial charge in [0.15, 0.2) is 11.5 Å². The van der Waals surface area contributed by atoms with E-state index in [1.807, 2.05) is 38.1 Å². The minimum atomic E-state index is 0.372. The third kappa shape index (κ3) is 4.31. The molecule has 2 rings (SSSR count). The highest BCUT2D eigenvalue weighted by molar-refractivity contribution is 6.47. The second-order valence-corrected chi connectivity index (χ2v) is 5.10. The molecule has 0 atom stereocenters. The van der Waals surface area contributed by atoms with Crippen LogP contribution in [-0.4, -0.2) is 37.5 Å². The number of nitrogens with zero attached hydrogens (tertiary/aromatic N) is 3. The molecule has 1 heterocycles. The number of rotatable bonds is 6. The maximum atomic E-state index is 5.37. The van der Waals surface area contributed by atoms with Crippen molar-refractivity contribution in [1.82, 2.24) is 5.32 Å². The van der Waals surface area contributed by atoms with Gasteiger partial charge in [-0.25, -0.2) is 0 Å². The van der Waals surface area contributed by atoms with Crippen molar-refractivity contribution >= 4 is 17.3 Å². The topological polar surface area (TPSA) is 67.6 Å². The molecule has 6 nitrogen and oxygen atoms in total. The second kappa shape index (κ2) is 8.17. The van der Waals surface area contributed by atoms with Gasteiger partial charge in [-0.05, 0) is 20.3 Å². The van der Waals surface area contributed by atoms with Crippen molar-refractivity contribution in [2.45, 2.75) is 26.9 Å². The predicted molar refractivity (Wildman–Crippen MR) is 88.5 cm³/mol. The van der Waals surface area contributed by atoms with E-state index in [0.29, 0.717) is 12.3 Å². The van der Waals surface area contributed by atoms with Gasteiger partial charge in [0.05, 0.1) is 5.71 Å². The van der Waals surface area contributed by atoms with Crippen LogP contribution >= 0.6 is 0 Å². The molecule has 0 saturated heterocycles. The standard InChI is InChI=1S/C16H22N4O2/c1-12(2)19-22-11-13-7-4-5-8-14(13)15(20-21-3)16-17-9-6-10-18-16/h4-5,7-8H,6,9-11H2,1-3H3,(H,17,18). The molecule has 1 aliphatic rings. The first-order valence-corrected chi connectivity index (χ1v) is 7.33. The summed E-state index contributed by atoms with van der Waals surface area (Å²) in [5, 5.41) is 11.4. The fourth-order valence-corrected chi connectivity index (χ4v) is 2.11. The zero-order chi connectivity index (χ0) is 15.8. The van der Waals surface area contributed by atoms with Crippen molar-refractivity contribution in [2.24, 2.45) is 15.3 Å². The van der Waals surface area contributed by atoms with Crippen molar-refractivity contribution in [3.63, 3.8) is 0 Å². The molecule has 1 aromatic rings. The minimum Gasteiger partial charge on any atom is -0.399 e. The lowest BCUT2D eigenvalue weighted by molar-refractivity contribution is 0.130. The molecular formula is C16H22N4O2. The first kappa shape index (κ1) is 16.0. The molecule has 118 valence electrons. The Kier molecular flexibility index (Phi) is 5.94. The molecule has 0 unspecified atom stereocenters. The molecule has 0 bridgehead atoms. The summed E-state index contributed by atoms with van der Waals surface area (Å²) in [5.41, 5.74) is 3.49. The van der Waals surface area contributed by atoms with Gasteiger partial charge in [-0.15, -0.1) is 0 Å². The summed E-state index contributed by atoms with van der Waals surface area (Å²) in [4.78, 5) is 14.9. The molecule has 1 N–H and O–H groups in total. The molecule has 1 aromatic carbocycles. The minimum absolute atomic E-state index is 0.372. The van der Waals surface area contributed by atoms with E-state index in [4.69, 9.17) is 9.68 Å². The van der Waals surface area contributed by atoms with Crippen LogP contribution in [0.5, 0.6) is 0 Å². The number of amidine groups is 1. The number of oxime groups is 2. The highest BCUT2D eigenvalue weighted by atomic mass is 16.6. The zero-order valence-electron chi connectivity index (χ0n) is 13.3. The summed E-state index contributed by atoms with van der Waals surface area (Å²) in [5.74, 6) is 0.760. The van der Waals surface area contributed by atoms with Crippen molar-refractivity contribution in [2.75, 3.05) is 20.2 Å². The van der Waals surface area contributed by atoms with Gasteiger partial charge < -0.3 is 15.0 Å². The largest absolute Gasteiger partial charge is 0.399 e. The average molecular weight is 302 g/mol. The van der Waals surface area contributed by atoms with E-state index in [-0.39, 0.29) is 0 Å². The van der Waals surface area contributed by atoms with Crippen molar-refractivity contribution in [3.05, 3.63) is 35.4 Å². The Hall–Kier alpha value is -2.37. The molecule has 0 saturated carbocycles. The van der Waals surface area contributed by atoms with Crippen LogP contribution in [-0.2, 0) is 16.3 Å². The van der Waals surface area contributed by atoms with Crippen LogP contribution < -0.4 is 5.32 Å². The fourth-order valence-electron chi connectivity index (χ4n) is 2.11. The Bertz CT molecular complexity index is 590. The van der Waals surface area contributed by atoms with Gasteiger partial charge in [-0.2, -0.15) is 0 Å². The normalized spacial score (nSPS) is 14.7. The van der Waals surface area contributed by atoms with Gasteiger partial charge in [0, 0.05) is 24.2 Å². The molecule has 0 spiro atoms. The Balaban J connectivity index is 2.29. The summed E-state index contributed by atoms with van der Waals surface area (Å²) in [6.45, 7) is 5.84. The molecule has 6 heteroatoms. The van der Waals surface area contributed by atoms with E-state index in [0.717, 1.165) is 42.2 Å². The predicted octanol–water partition coefficient (Wildman–Crippen LogP) is 2.34. The molecule has 1 aliphatic heterocycles. The number of nitrogens with one attached hydrogen (secondary N) is 1. The molecule has 0 fully saturated rings. The van der Waals surface area contributed by atoms with E-state index >= 15 is 0 Å². The highest BCUT2D eigenvalue weighted by Crippen LogP contribution is 2.14. The molecule has 0 amide bonds. The second-order valence-electron chi connectivity index (χ2n) is 5.10. The van der Waals surface area contributed by atoms with Crippen molar-refractivity contribution in [1.29, 1.82) is 0 Å². The van der Waals surface area contributed by atoms with Crippen LogP contribution in [0.15, 0.2) is 39.6 Å². The van der Waals surface area contributed by atoms with Crippen LogP contribution in [0, 0.1) is 0 Å². The number of aliphatic imine (C=N–C) groups is 1. The fraction of sp³-hybridized carbons (Fsp3) is 0.438. The number of benzene rings is 1. The summed E-state index contributed by atoms with van der Waals surface area (Å²) < 4.78 is 0. The van der Waals surface area contributed by atoms with E-state index in [2.05, 4.69) is 20.6 Å². The highest BCUT2D eigenvalue weighted by Gasteiger charge is 2.18. The van der Waals surface area contributed by atoms with E-state index < -0.39 is 0 Å². The number of hydrogen-bond acceptors (Lipinski definition) is 6. The maximum absolute atomic E-state index is 5.37. The van der Waals surface area contributed by atoms with E-state index in [1.54, 1.807) is 0 Å². The summed E-state index contributed by atoms with van der Waals surface area (Å²) in [6, 6.07) is 7.90. The quantitative estimate of drug-likeness (QED) is 0.648. The van der Waals surface area contributed by atoms with Crippen LogP contribution in [0.4, 0.5) is 0 Å². The third-order valence-electron chi connectivity index (χ3n) is 3.04. The summed E-state index contributed by atoms with van der Waals surface area (Å²) in [7, 11) is 1.53. The van der Waals surface area contributed by atoms with Gasteiger partial charge in [-0.3, -0.25) is 4.99 Å². The van der Waals surface area contributed by atoms with Gasteiger partial charge in [0.2, 0.25) is 0 Å².